The van der Waals surface area contributed by atoms with Crippen molar-refractivity contribution in [1.29, 1.82) is 0 Å². The zero-order valence-electron chi connectivity index (χ0n) is 24.3. The van der Waals surface area contributed by atoms with E-state index in [1.165, 1.54) is 33.4 Å². The predicted molar refractivity (Wildman–Crippen MR) is 186 cm³/mol. The molecule has 43 heavy (non-hydrogen) atoms. The minimum absolute atomic E-state index is 0.941. The highest BCUT2D eigenvalue weighted by molar-refractivity contribution is 5.86. The molecule has 0 spiro atoms. The van der Waals surface area contributed by atoms with Gasteiger partial charge in [0.15, 0.2) is 0 Å². The molecule has 1 heterocycles. The van der Waals surface area contributed by atoms with E-state index in [1.54, 1.807) is 0 Å². The van der Waals surface area contributed by atoms with Crippen molar-refractivity contribution in [1.82, 2.24) is 4.98 Å². The van der Waals surface area contributed by atoms with Crippen molar-refractivity contribution in [2.75, 3.05) is 0 Å². The van der Waals surface area contributed by atoms with Gasteiger partial charge in [0, 0.05) is 5.39 Å². The highest BCUT2D eigenvalue weighted by Crippen LogP contribution is 2.25. The minimum atomic E-state index is 0.941. The zero-order valence-corrected chi connectivity index (χ0v) is 24.3. The molecule has 206 valence electrons. The predicted octanol–water partition coefficient (Wildman–Crippen LogP) is 11.3. The third-order valence-electron chi connectivity index (χ3n) is 7.55. The molecule has 0 aliphatic carbocycles. The normalized spacial score (nSPS) is 11.7. The molecule has 0 amide bonds. The van der Waals surface area contributed by atoms with Gasteiger partial charge in [-0.2, -0.15) is 0 Å². The molecule has 0 bridgehead atoms. The van der Waals surface area contributed by atoms with Crippen LogP contribution >= 0.6 is 0 Å². The molecule has 0 atom stereocenters. The van der Waals surface area contributed by atoms with Gasteiger partial charge in [0.05, 0.1) is 11.2 Å². The number of fused-ring (bicyclic) bond motifs is 1. The molecule has 1 nitrogen and oxygen atoms in total. The van der Waals surface area contributed by atoms with Gasteiger partial charge >= 0.3 is 0 Å². The zero-order chi connectivity index (χ0) is 29.4. The molecular weight excluding hydrogens is 518 g/mol. The maximum absolute atomic E-state index is 4.84. The summed E-state index contributed by atoms with van der Waals surface area (Å²) in [5.41, 5.74) is 12.5. The lowest BCUT2D eigenvalue weighted by atomic mass is 9.99. The fourth-order valence-electron chi connectivity index (χ4n) is 5.03. The fourth-order valence-corrected chi connectivity index (χ4v) is 5.03. The van der Waals surface area contributed by atoms with E-state index in [0.29, 0.717) is 0 Å². The van der Waals surface area contributed by atoms with E-state index in [2.05, 4.69) is 171 Å². The van der Waals surface area contributed by atoms with E-state index in [-0.39, 0.29) is 0 Å². The first-order valence-electron chi connectivity index (χ1n) is 14.6. The number of nitrogens with zero attached hydrogens (tertiary/aromatic N) is 1. The molecule has 0 aliphatic heterocycles. The van der Waals surface area contributed by atoms with E-state index in [0.717, 1.165) is 33.3 Å². The lowest BCUT2D eigenvalue weighted by Crippen LogP contribution is -1.85. The summed E-state index contributed by atoms with van der Waals surface area (Å²) in [6.45, 7) is 6.37. The lowest BCUT2D eigenvalue weighted by molar-refractivity contribution is 1.37. The Kier molecular flexibility index (Phi) is 8.34. The summed E-state index contributed by atoms with van der Waals surface area (Å²) in [5, 5.41) is 1.14. The van der Waals surface area contributed by atoms with E-state index in [4.69, 9.17) is 4.98 Å². The molecule has 5 aromatic carbocycles. The standard InChI is InChI=1S/C42H33N/c1-31(14-22-37-29-38(23-15-32(37)2)35-9-5-3-6-10-35)13-16-33-17-19-34(20-18-33)21-26-41-27-24-40-30-39(25-28-42(40)43-41)36-11-7-4-8-12-36/h3-30H,1H2,2H3/b16-13+,22-14-,26-21+. The molecule has 0 saturated carbocycles. The van der Waals surface area contributed by atoms with Crippen LogP contribution in [0.5, 0.6) is 0 Å². The Hall–Kier alpha value is -5.53. The van der Waals surface area contributed by atoms with Gasteiger partial charge in [0.1, 0.15) is 0 Å². The number of benzene rings is 5. The van der Waals surface area contributed by atoms with Crippen molar-refractivity contribution in [3.63, 3.8) is 0 Å². The summed E-state index contributed by atoms with van der Waals surface area (Å²) in [6.07, 6.45) is 12.5. The van der Waals surface area contributed by atoms with Crippen LogP contribution < -0.4 is 0 Å². The largest absolute Gasteiger partial charge is 0.248 e. The second kappa shape index (κ2) is 13.0. The fraction of sp³-hybridized carbons (Fsp3) is 0.0238. The van der Waals surface area contributed by atoms with Crippen molar-refractivity contribution >= 4 is 35.2 Å². The van der Waals surface area contributed by atoms with Crippen LogP contribution in [-0.4, -0.2) is 4.98 Å². The first-order chi connectivity index (χ1) is 21.1. The highest BCUT2D eigenvalue weighted by atomic mass is 14.7. The molecule has 0 fully saturated rings. The van der Waals surface area contributed by atoms with Crippen LogP contribution in [0.4, 0.5) is 0 Å². The van der Waals surface area contributed by atoms with Crippen LogP contribution in [0.1, 0.15) is 27.9 Å². The van der Waals surface area contributed by atoms with Gasteiger partial charge < -0.3 is 0 Å². The van der Waals surface area contributed by atoms with E-state index < -0.39 is 0 Å². The summed E-state index contributed by atoms with van der Waals surface area (Å²) < 4.78 is 0. The third-order valence-corrected chi connectivity index (χ3v) is 7.55. The molecule has 0 N–H and O–H groups in total. The van der Waals surface area contributed by atoms with Crippen molar-refractivity contribution in [2.24, 2.45) is 0 Å². The number of hydrogen-bond donors (Lipinski definition) is 0. The smallest absolute Gasteiger partial charge is 0.0709 e. The highest BCUT2D eigenvalue weighted by Gasteiger charge is 2.02. The van der Waals surface area contributed by atoms with Crippen molar-refractivity contribution in [3.8, 4) is 22.3 Å². The molecule has 0 radical (unpaired) electrons. The Balaban J connectivity index is 1.08. The first-order valence-corrected chi connectivity index (χ1v) is 14.6. The van der Waals surface area contributed by atoms with Gasteiger partial charge in [-0.25, -0.2) is 4.98 Å². The summed E-state index contributed by atoms with van der Waals surface area (Å²) >= 11 is 0. The number of rotatable bonds is 8. The van der Waals surface area contributed by atoms with Gasteiger partial charge in [-0.1, -0.05) is 146 Å². The Bertz CT molecular complexity index is 1960. The Morgan fingerprint density at radius 3 is 1.84 bits per heavy atom. The van der Waals surface area contributed by atoms with Gasteiger partial charge in [-0.15, -0.1) is 0 Å². The summed E-state index contributed by atoms with van der Waals surface area (Å²) in [5.74, 6) is 0. The monoisotopic (exact) mass is 551 g/mol. The van der Waals surface area contributed by atoms with Gasteiger partial charge in [0.25, 0.3) is 0 Å². The van der Waals surface area contributed by atoms with Crippen LogP contribution in [0.25, 0.3) is 57.5 Å². The van der Waals surface area contributed by atoms with E-state index >= 15 is 0 Å². The lowest BCUT2D eigenvalue weighted by Gasteiger charge is -2.06. The van der Waals surface area contributed by atoms with Gasteiger partial charge in [-0.3, -0.25) is 0 Å². The topological polar surface area (TPSA) is 12.9 Å². The van der Waals surface area contributed by atoms with Crippen LogP contribution in [0.2, 0.25) is 0 Å². The number of allylic oxidation sites excluding steroid dienone is 3. The number of hydrogen-bond acceptors (Lipinski definition) is 1. The van der Waals surface area contributed by atoms with Crippen molar-refractivity contribution in [3.05, 3.63) is 186 Å². The number of pyridine rings is 1. The molecule has 6 aromatic rings. The quantitative estimate of drug-likeness (QED) is 0.171. The van der Waals surface area contributed by atoms with Gasteiger partial charge in [0.2, 0.25) is 0 Å². The molecular formula is C42H33N. The minimum Gasteiger partial charge on any atom is -0.248 e. The van der Waals surface area contributed by atoms with E-state index in [1.807, 2.05) is 12.1 Å². The van der Waals surface area contributed by atoms with Crippen LogP contribution in [0.3, 0.4) is 0 Å². The third kappa shape index (κ3) is 7.04. The van der Waals surface area contributed by atoms with Crippen molar-refractivity contribution in [2.45, 2.75) is 6.92 Å². The SMILES string of the molecule is C=C(/C=C\c1cc(-c2ccccc2)ccc1C)/C=C/c1ccc(/C=C/c2ccc3cc(-c4ccccc4)ccc3n2)cc1. The Morgan fingerprint density at radius 2 is 1.14 bits per heavy atom. The van der Waals surface area contributed by atoms with Crippen LogP contribution in [0, 0.1) is 6.92 Å². The van der Waals surface area contributed by atoms with E-state index in [9.17, 15) is 0 Å². The molecule has 1 aromatic heterocycles. The van der Waals surface area contributed by atoms with Crippen LogP contribution in [0.15, 0.2) is 158 Å². The summed E-state index contributed by atoms with van der Waals surface area (Å²) in [7, 11) is 0. The van der Waals surface area contributed by atoms with Gasteiger partial charge in [-0.05, 0) is 87.3 Å². The molecule has 1 heteroatoms. The molecule has 0 aliphatic rings. The van der Waals surface area contributed by atoms with Crippen molar-refractivity contribution < 1.29 is 0 Å². The Labute approximate surface area is 254 Å². The second-order valence-electron chi connectivity index (χ2n) is 10.7. The number of aromatic nitrogens is 1. The number of aryl methyl sites for hydroxylation is 1. The second-order valence-corrected chi connectivity index (χ2v) is 10.7. The maximum Gasteiger partial charge on any atom is 0.0709 e. The maximum atomic E-state index is 4.84. The Morgan fingerprint density at radius 1 is 0.535 bits per heavy atom. The molecule has 0 saturated heterocycles. The first kappa shape index (κ1) is 27.6. The summed E-state index contributed by atoms with van der Waals surface area (Å²) in [6, 6.07) is 46.7. The summed E-state index contributed by atoms with van der Waals surface area (Å²) in [4.78, 5) is 4.84. The average Bonchev–Trinajstić information content (AvgIpc) is 3.07. The molecule has 0 unspecified atom stereocenters. The average molecular weight is 552 g/mol. The van der Waals surface area contributed by atoms with Crippen LogP contribution in [-0.2, 0) is 0 Å². The molecule has 6 rings (SSSR count).